The molecule has 1 saturated carbocycles. The van der Waals surface area contributed by atoms with E-state index in [4.69, 9.17) is 0 Å². The average molecular weight is 367 g/mol. The highest BCUT2D eigenvalue weighted by Gasteiger charge is 2.67. The van der Waals surface area contributed by atoms with E-state index in [0.717, 1.165) is 22.7 Å². The predicted octanol–water partition coefficient (Wildman–Crippen LogP) is 2.95. The highest BCUT2D eigenvalue weighted by molar-refractivity contribution is 7.10. The van der Waals surface area contributed by atoms with Crippen molar-refractivity contribution in [1.29, 1.82) is 0 Å². The third-order valence-electron chi connectivity index (χ3n) is 5.17. The van der Waals surface area contributed by atoms with Gasteiger partial charge in [0.25, 0.3) is 0 Å². The zero-order valence-corrected chi connectivity index (χ0v) is 15.6. The van der Waals surface area contributed by atoms with Crippen LogP contribution in [0, 0.1) is 5.41 Å². The third kappa shape index (κ3) is 2.82. The number of carbonyl (C=O) groups is 1. The smallest absolute Gasteiger partial charge is 0.232 e. The maximum atomic E-state index is 12.9. The van der Waals surface area contributed by atoms with Gasteiger partial charge in [0.1, 0.15) is 5.82 Å². The minimum atomic E-state index is -0.385. The van der Waals surface area contributed by atoms with Crippen LogP contribution in [0.25, 0.3) is 11.4 Å². The molecule has 0 spiro atoms. The summed E-state index contributed by atoms with van der Waals surface area (Å²) in [5.41, 5.74) is 0.487. The van der Waals surface area contributed by atoms with Crippen LogP contribution >= 0.6 is 11.3 Å². The van der Waals surface area contributed by atoms with Gasteiger partial charge in [0.05, 0.1) is 5.41 Å². The first-order valence-corrected chi connectivity index (χ1v) is 9.55. The van der Waals surface area contributed by atoms with Gasteiger partial charge in [0.15, 0.2) is 5.82 Å². The van der Waals surface area contributed by atoms with Crippen LogP contribution in [-0.2, 0) is 16.6 Å². The first-order chi connectivity index (χ1) is 12.5. The van der Waals surface area contributed by atoms with Crippen molar-refractivity contribution in [2.45, 2.75) is 32.1 Å². The minimum Gasteiger partial charge on any atom is -0.355 e. The number of hydrogen-bond acceptors (Lipinski definition) is 5. The Hall–Kier alpha value is -2.54. The number of pyridine rings is 1. The molecule has 0 radical (unpaired) electrons. The number of rotatable bonds is 6. The molecule has 0 aromatic carbocycles. The van der Waals surface area contributed by atoms with E-state index in [1.165, 1.54) is 0 Å². The zero-order chi connectivity index (χ0) is 18.2. The standard InChI is InChI=1S/C19H21N5OS/c1-18(2)12-19(18,14-6-4-10-26-14)17(25)21-9-7-15-22-16(24-23-15)13-5-3-8-20-11-13/h3-6,8,10-11H,7,9,12H2,1-2H3,(H,21,25)(H,22,23,24)/t19-/m0/s1. The Morgan fingerprint density at radius 2 is 2.19 bits per heavy atom. The Balaban J connectivity index is 1.38. The van der Waals surface area contributed by atoms with Crippen molar-refractivity contribution in [3.05, 3.63) is 52.7 Å². The number of nitrogens with zero attached hydrogens (tertiary/aromatic N) is 3. The summed E-state index contributed by atoms with van der Waals surface area (Å²) in [6.07, 6.45) is 4.95. The Morgan fingerprint density at radius 3 is 2.85 bits per heavy atom. The van der Waals surface area contributed by atoms with E-state index < -0.39 is 0 Å². The molecule has 0 bridgehead atoms. The van der Waals surface area contributed by atoms with Crippen molar-refractivity contribution in [1.82, 2.24) is 25.5 Å². The van der Waals surface area contributed by atoms with Gasteiger partial charge in [0, 0.05) is 35.8 Å². The van der Waals surface area contributed by atoms with E-state index in [0.29, 0.717) is 18.8 Å². The first kappa shape index (κ1) is 16.9. The van der Waals surface area contributed by atoms with Gasteiger partial charge in [-0.1, -0.05) is 19.9 Å². The summed E-state index contributed by atoms with van der Waals surface area (Å²) in [5, 5.41) is 12.3. The molecule has 0 unspecified atom stereocenters. The van der Waals surface area contributed by atoms with Crippen LogP contribution in [0.4, 0.5) is 0 Å². The van der Waals surface area contributed by atoms with E-state index in [-0.39, 0.29) is 16.7 Å². The predicted molar refractivity (Wildman–Crippen MR) is 101 cm³/mol. The highest BCUT2D eigenvalue weighted by Crippen LogP contribution is 2.65. The molecule has 3 aromatic rings. The van der Waals surface area contributed by atoms with Gasteiger partial charge in [0.2, 0.25) is 5.91 Å². The van der Waals surface area contributed by atoms with E-state index in [1.807, 2.05) is 23.6 Å². The summed E-state index contributed by atoms with van der Waals surface area (Å²) in [6.45, 7) is 4.84. The lowest BCUT2D eigenvalue weighted by Gasteiger charge is -2.18. The molecule has 1 atom stereocenters. The monoisotopic (exact) mass is 367 g/mol. The number of hydrogen-bond donors (Lipinski definition) is 2. The molecule has 134 valence electrons. The topological polar surface area (TPSA) is 83.6 Å². The number of nitrogens with one attached hydrogen (secondary N) is 2. The van der Waals surface area contributed by atoms with E-state index in [2.05, 4.69) is 45.4 Å². The number of carbonyl (C=O) groups excluding carboxylic acids is 1. The third-order valence-corrected chi connectivity index (χ3v) is 6.20. The van der Waals surface area contributed by atoms with Crippen LogP contribution in [0.2, 0.25) is 0 Å². The summed E-state index contributed by atoms with van der Waals surface area (Å²) < 4.78 is 0. The summed E-state index contributed by atoms with van der Waals surface area (Å²) in [7, 11) is 0. The zero-order valence-electron chi connectivity index (χ0n) is 14.8. The normalized spacial score (nSPS) is 20.7. The second-order valence-corrected chi connectivity index (χ2v) is 8.24. The second kappa shape index (κ2) is 6.32. The fraction of sp³-hybridized carbons (Fsp3) is 0.368. The lowest BCUT2D eigenvalue weighted by molar-refractivity contribution is -0.124. The number of aromatic nitrogens is 4. The van der Waals surface area contributed by atoms with E-state index in [1.54, 1.807) is 23.7 Å². The molecule has 2 N–H and O–H groups in total. The van der Waals surface area contributed by atoms with Crippen LogP contribution < -0.4 is 5.32 Å². The fourth-order valence-electron chi connectivity index (χ4n) is 3.54. The van der Waals surface area contributed by atoms with Crippen LogP contribution in [0.3, 0.4) is 0 Å². The fourth-order valence-corrected chi connectivity index (χ4v) is 4.64. The number of H-pyrrole nitrogens is 1. The van der Waals surface area contributed by atoms with Crippen molar-refractivity contribution in [3.8, 4) is 11.4 Å². The Labute approximate surface area is 156 Å². The summed E-state index contributed by atoms with van der Waals surface area (Å²) >= 11 is 1.66. The van der Waals surface area contributed by atoms with Crippen molar-refractivity contribution in [2.24, 2.45) is 5.41 Å². The molecule has 1 amide bonds. The summed E-state index contributed by atoms with van der Waals surface area (Å²) in [6, 6.07) is 7.85. The largest absolute Gasteiger partial charge is 0.355 e. The number of amides is 1. The molecule has 0 aliphatic heterocycles. The van der Waals surface area contributed by atoms with Gasteiger partial charge in [-0.3, -0.25) is 14.9 Å². The first-order valence-electron chi connectivity index (χ1n) is 8.67. The second-order valence-electron chi connectivity index (χ2n) is 7.30. The Kier molecular flexibility index (Phi) is 4.11. The van der Waals surface area contributed by atoms with E-state index >= 15 is 0 Å². The molecule has 0 saturated heterocycles. The molecular formula is C19H21N5OS. The molecule has 26 heavy (non-hydrogen) atoms. The van der Waals surface area contributed by atoms with Crippen LogP contribution in [0.5, 0.6) is 0 Å². The van der Waals surface area contributed by atoms with E-state index in [9.17, 15) is 4.79 Å². The molecular weight excluding hydrogens is 346 g/mol. The molecule has 1 aliphatic carbocycles. The molecule has 3 heterocycles. The van der Waals surface area contributed by atoms with Crippen molar-refractivity contribution >= 4 is 17.2 Å². The van der Waals surface area contributed by atoms with Gasteiger partial charge in [-0.15, -0.1) is 11.3 Å². The molecule has 1 fully saturated rings. The van der Waals surface area contributed by atoms with Gasteiger partial charge in [-0.25, -0.2) is 4.98 Å². The maximum Gasteiger partial charge on any atom is 0.232 e. The lowest BCUT2D eigenvalue weighted by Crippen LogP contribution is -2.38. The van der Waals surface area contributed by atoms with Crippen LogP contribution in [0.1, 0.15) is 31.0 Å². The van der Waals surface area contributed by atoms with Crippen molar-refractivity contribution in [2.75, 3.05) is 6.54 Å². The Bertz CT molecular complexity index is 903. The van der Waals surface area contributed by atoms with Gasteiger partial charge < -0.3 is 5.32 Å². The van der Waals surface area contributed by atoms with Crippen LogP contribution in [-0.4, -0.2) is 32.6 Å². The lowest BCUT2D eigenvalue weighted by atomic mass is 9.93. The minimum absolute atomic E-state index is 0.00164. The van der Waals surface area contributed by atoms with Crippen molar-refractivity contribution < 1.29 is 4.79 Å². The number of aromatic amines is 1. The molecule has 4 rings (SSSR count). The molecule has 7 heteroatoms. The van der Waals surface area contributed by atoms with Crippen molar-refractivity contribution in [3.63, 3.8) is 0 Å². The quantitative estimate of drug-likeness (QED) is 0.702. The summed E-state index contributed by atoms with van der Waals surface area (Å²) in [4.78, 5) is 22.6. The van der Waals surface area contributed by atoms with Crippen LogP contribution in [0.15, 0.2) is 42.0 Å². The molecule has 3 aromatic heterocycles. The van der Waals surface area contributed by atoms with Gasteiger partial charge in [-0.2, -0.15) is 5.10 Å². The SMILES string of the molecule is CC1(C)C[C@@]1(C(=O)NCCc1nc(-c2cccnc2)n[nH]1)c1cccs1. The average Bonchev–Trinajstić information content (AvgIpc) is 3.09. The number of thiophene rings is 1. The van der Waals surface area contributed by atoms with Gasteiger partial charge >= 0.3 is 0 Å². The molecule has 1 aliphatic rings. The maximum absolute atomic E-state index is 12.9. The highest BCUT2D eigenvalue weighted by atomic mass is 32.1. The molecule has 6 nitrogen and oxygen atoms in total. The Morgan fingerprint density at radius 1 is 1.35 bits per heavy atom. The van der Waals surface area contributed by atoms with Gasteiger partial charge in [-0.05, 0) is 35.4 Å². The summed E-state index contributed by atoms with van der Waals surface area (Å²) in [5.74, 6) is 1.49.